The number of carbonyl (C=O) groups excluding carboxylic acids is 1. The van der Waals surface area contributed by atoms with E-state index < -0.39 is 0 Å². The molecule has 1 aliphatic rings. The molecule has 1 fully saturated rings. The molecule has 1 heterocycles. The van der Waals surface area contributed by atoms with Crippen LogP contribution in [-0.2, 0) is 4.74 Å². The van der Waals surface area contributed by atoms with Crippen LogP contribution in [0.5, 0.6) is 0 Å². The zero-order valence-electron chi connectivity index (χ0n) is 14.7. The summed E-state index contributed by atoms with van der Waals surface area (Å²) in [5.74, 6) is 0.757. The van der Waals surface area contributed by atoms with Crippen molar-refractivity contribution in [2.75, 3.05) is 7.11 Å². The Balaban J connectivity index is 0.000000379. The first kappa shape index (κ1) is 19.3. The lowest BCUT2D eigenvalue weighted by Gasteiger charge is -2.23. The Morgan fingerprint density at radius 2 is 1.87 bits per heavy atom. The molecule has 0 unspecified atom stereocenters. The van der Waals surface area contributed by atoms with E-state index in [2.05, 4.69) is 0 Å². The molecule has 1 aliphatic carbocycles. The molecular weight excluding hydrogens is 290 g/mol. The highest BCUT2D eigenvalue weighted by Gasteiger charge is 2.19. The minimum atomic E-state index is 0.0417. The summed E-state index contributed by atoms with van der Waals surface area (Å²) in [6, 6.07) is 3.16. The van der Waals surface area contributed by atoms with Crippen LogP contribution in [0.15, 0.2) is 18.3 Å². The highest BCUT2D eigenvalue weighted by molar-refractivity contribution is 5.84. The predicted octanol–water partition coefficient (Wildman–Crippen LogP) is 3.62. The highest BCUT2D eigenvalue weighted by atomic mass is 16.5. The highest BCUT2D eigenvalue weighted by Crippen LogP contribution is 2.24. The normalized spacial score (nSPS) is 15.5. The monoisotopic (exact) mass is 319 g/mol. The molecule has 0 aromatic carbocycles. The number of hydrogen-bond acceptors (Lipinski definition) is 4. The van der Waals surface area contributed by atoms with Gasteiger partial charge in [-0.3, -0.25) is 20.2 Å². The van der Waals surface area contributed by atoms with E-state index in [1.165, 1.54) is 25.3 Å². The molecule has 1 saturated carbocycles. The minimum Gasteiger partial charge on any atom is -0.379 e. The first-order valence-corrected chi connectivity index (χ1v) is 8.15. The largest absolute Gasteiger partial charge is 0.379 e. The summed E-state index contributed by atoms with van der Waals surface area (Å²) in [6.07, 6.45) is 8.07. The fourth-order valence-electron chi connectivity index (χ4n) is 2.37. The molecule has 0 aliphatic heterocycles. The van der Waals surface area contributed by atoms with Gasteiger partial charge >= 0.3 is 0 Å². The molecule has 1 aromatic rings. The van der Waals surface area contributed by atoms with Crippen LogP contribution in [-0.4, -0.2) is 29.4 Å². The van der Waals surface area contributed by atoms with Crippen molar-refractivity contribution in [3.63, 3.8) is 0 Å². The maximum atomic E-state index is 10.6. The van der Waals surface area contributed by atoms with E-state index in [4.69, 9.17) is 15.6 Å². The molecule has 0 saturated heterocycles. The van der Waals surface area contributed by atoms with Crippen LogP contribution in [0, 0.1) is 16.7 Å². The SMILES string of the molecule is COC(C)(C)C.N=C(C1CCCCC1)n1ccc(C=O)cc1=N. The van der Waals surface area contributed by atoms with Gasteiger partial charge in [0.2, 0.25) is 0 Å². The molecular formula is C18H29N3O2. The predicted molar refractivity (Wildman–Crippen MR) is 92.1 cm³/mol. The molecule has 0 amide bonds. The number of methoxy groups -OCH3 is 1. The van der Waals surface area contributed by atoms with E-state index in [9.17, 15) is 4.79 Å². The number of nitrogens with zero attached hydrogens (tertiary/aromatic N) is 1. The molecule has 5 heteroatoms. The number of nitrogens with one attached hydrogen (secondary N) is 2. The number of carbonyl (C=O) groups is 1. The Kier molecular flexibility index (Phi) is 7.36. The third-order valence-corrected chi connectivity index (χ3v) is 3.98. The lowest BCUT2D eigenvalue weighted by molar-refractivity contribution is 0.0397. The van der Waals surface area contributed by atoms with E-state index in [0.717, 1.165) is 19.1 Å². The van der Waals surface area contributed by atoms with Crippen molar-refractivity contribution >= 4 is 12.1 Å². The molecule has 0 radical (unpaired) electrons. The van der Waals surface area contributed by atoms with Gasteiger partial charge in [-0.1, -0.05) is 19.3 Å². The standard InChI is InChI=1S/C13H17N3O.C5H12O/c14-12-8-10(9-17)6-7-16(12)13(15)11-4-2-1-3-5-11;1-5(2,3)6-4/h6-9,11,14-15H,1-5H2;1-4H3. The Morgan fingerprint density at radius 3 is 2.30 bits per heavy atom. The Labute approximate surface area is 138 Å². The fourth-order valence-corrected chi connectivity index (χ4v) is 2.37. The molecule has 2 N–H and O–H groups in total. The quantitative estimate of drug-likeness (QED) is 0.496. The average molecular weight is 319 g/mol. The topological polar surface area (TPSA) is 78.9 Å². The second-order valence-corrected chi connectivity index (χ2v) is 6.87. The third-order valence-electron chi connectivity index (χ3n) is 3.98. The number of ether oxygens (including phenoxy) is 1. The number of aromatic nitrogens is 1. The maximum Gasteiger partial charge on any atom is 0.150 e. The van der Waals surface area contributed by atoms with Crippen LogP contribution in [0.3, 0.4) is 0 Å². The number of hydrogen-bond donors (Lipinski definition) is 2. The molecule has 5 nitrogen and oxygen atoms in total. The van der Waals surface area contributed by atoms with E-state index >= 15 is 0 Å². The molecule has 1 aromatic heterocycles. The van der Waals surface area contributed by atoms with Crippen molar-refractivity contribution in [2.24, 2.45) is 5.92 Å². The van der Waals surface area contributed by atoms with Gasteiger partial charge in [0, 0.05) is 24.8 Å². The molecule has 2 rings (SSSR count). The Bertz CT molecular complexity index is 579. The van der Waals surface area contributed by atoms with Crippen LogP contribution in [0.4, 0.5) is 0 Å². The van der Waals surface area contributed by atoms with Gasteiger partial charge in [0.15, 0.2) is 0 Å². The summed E-state index contributed by atoms with van der Waals surface area (Å²) in [6.45, 7) is 6.06. The first-order valence-electron chi connectivity index (χ1n) is 8.15. The van der Waals surface area contributed by atoms with Gasteiger partial charge in [-0.2, -0.15) is 0 Å². The Morgan fingerprint density at radius 1 is 1.30 bits per heavy atom. The van der Waals surface area contributed by atoms with Gasteiger partial charge in [0.25, 0.3) is 0 Å². The number of rotatable bonds is 2. The van der Waals surface area contributed by atoms with E-state index in [1.54, 1.807) is 23.9 Å². The van der Waals surface area contributed by atoms with Gasteiger partial charge in [-0.05, 0) is 45.7 Å². The van der Waals surface area contributed by atoms with Crippen LogP contribution < -0.4 is 5.49 Å². The van der Waals surface area contributed by atoms with Crippen LogP contribution in [0.25, 0.3) is 0 Å². The third kappa shape index (κ3) is 6.48. The summed E-state index contributed by atoms with van der Waals surface area (Å²) in [5.41, 5.74) is 0.743. The van der Waals surface area contributed by atoms with Crippen LogP contribution in [0.1, 0.15) is 63.2 Å². The van der Waals surface area contributed by atoms with E-state index in [0.29, 0.717) is 11.4 Å². The van der Waals surface area contributed by atoms with E-state index in [-0.39, 0.29) is 17.0 Å². The van der Waals surface area contributed by atoms with Crippen molar-refractivity contribution in [1.29, 1.82) is 10.8 Å². The van der Waals surface area contributed by atoms with Gasteiger partial charge in [0.1, 0.15) is 17.6 Å². The average Bonchev–Trinajstić information content (AvgIpc) is 2.55. The summed E-state index contributed by atoms with van der Waals surface area (Å²) in [4.78, 5) is 10.6. The molecule has 23 heavy (non-hydrogen) atoms. The van der Waals surface area contributed by atoms with Crippen LogP contribution >= 0.6 is 0 Å². The van der Waals surface area contributed by atoms with Gasteiger partial charge < -0.3 is 4.74 Å². The summed E-state index contributed by atoms with van der Waals surface area (Å²) >= 11 is 0. The second-order valence-electron chi connectivity index (χ2n) is 6.87. The summed E-state index contributed by atoms with van der Waals surface area (Å²) in [5, 5.41) is 16.0. The van der Waals surface area contributed by atoms with Crippen molar-refractivity contribution in [3.8, 4) is 0 Å². The Hall–Kier alpha value is -1.75. The minimum absolute atomic E-state index is 0.0417. The number of pyridine rings is 1. The molecule has 0 atom stereocenters. The zero-order valence-corrected chi connectivity index (χ0v) is 14.7. The smallest absolute Gasteiger partial charge is 0.150 e. The van der Waals surface area contributed by atoms with Crippen molar-refractivity contribution in [2.45, 2.75) is 58.5 Å². The first-order chi connectivity index (χ1) is 10.8. The van der Waals surface area contributed by atoms with Crippen molar-refractivity contribution in [3.05, 3.63) is 29.4 Å². The van der Waals surface area contributed by atoms with Crippen molar-refractivity contribution in [1.82, 2.24) is 4.57 Å². The molecule has 0 spiro atoms. The second kappa shape index (κ2) is 8.77. The number of aldehydes is 1. The lowest BCUT2D eigenvalue weighted by atomic mass is 9.88. The van der Waals surface area contributed by atoms with Gasteiger partial charge in [0.05, 0.1) is 5.60 Å². The van der Waals surface area contributed by atoms with E-state index in [1.807, 2.05) is 20.8 Å². The summed E-state index contributed by atoms with van der Waals surface area (Å²) in [7, 11) is 1.71. The maximum absolute atomic E-state index is 10.6. The van der Waals surface area contributed by atoms with Crippen LogP contribution in [0.2, 0.25) is 0 Å². The summed E-state index contributed by atoms with van der Waals surface area (Å²) < 4.78 is 6.51. The molecule has 0 bridgehead atoms. The molecule has 128 valence electrons. The fraction of sp³-hybridized carbons (Fsp3) is 0.611. The van der Waals surface area contributed by atoms with Crippen molar-refractivity contribution < 1.29 is 9.53 Å². The van der Waals surface area contributed by atoms with Gasteiger partial charge in [-0.25, -0.2) is 0 Å². The lowest BCUT2D eigenvalue weighted by Crippen LogP contribution is -2.32. The zero-order chi connectivity index (χ0) is 17.5. The van der Waals surface area contributed by atoms with Gasteiger partial charge in [-0.15, -0.1) is 0 Å².